The number of benzene rings is 1. The van der Waals surface area contributed by atoms with Crippen LogP contribution in [0.5, 0.6) is 11.5 Å². The van der Waals surface area contributed by atoms with Crippen LogP contribution in [0.3, 0.4) is 0 Å². The van der Waals surface area contributed by atoms with Gasteiger partial charge in [0, 0.05) is 5.56 Å². The summed E-state index contributed by atoms with van der Waals surface area (Å²) in [5.74, 6) is -1.59. The first-order valence-electron chi connectivity index (χ1n) is 8.47. The summed E-state index contributed by atoms with van der Waals surface area (Å²) in [6, 6.07) is 4.50. The zero-order valence-corrected chi connectivity index (χ0v) is 15.0. The number of hydrogen-bond donors (Lipinski definition) is 2. The Morgan fingerprint density at radius 2 is 2.00 bits per heavy atom. The van der Waals surface area contributed by atoms with E-state index in [1.165, 1.54) is 19.2 Å². The summed E-state index contributed by atoms with van der Waals surface area (Å²) in [5, 5.41) is 7.25. The molecule has 0 atom stereocenters. The van der Waals surface area contributed by atoms with E-state index in [2.05, 4.69) is 22.3 Å². The van der Waals surface area contributed by atoms with Crippen LogP contribution in [0, 0.1) is 0 Å². The van der Waals surface area contributed by atoms with Crippen LogP contribution in [0.25, 0.3) is 0 Å². The van der Waals surface area contributed by atoms with Crippen molar-refractivity contribution in [2.24, 2.45) is 0 Å². The number of carbonyl (C=O) groups is 1. The quantitative estimate of drug-likeness (QED) is 0.635. The molecular formula is C17H21F3N4O3. The SMILES string of the molecule is CCCCCCOc1ccc(C(=O)Nc2n[nH]c(C(F)(F)F)n2)cc1OC. The fourth-order valence-corrected chi connectivity index (χ4v) is 2.26. The van der Waals surface area contributed by atoms with Crippen LogP contribution in [-0.2, 0) is 6.18 Å². The van der Waals surface area contributed by atoms with Crippen molar-refractivity contribution in [2.45, 2.75) is 38.8 Å². The molecule has 1 heterocycles. The van der Waals surface area contributed by atoms with Crippen LogP contribution < -0.4 is 14.8 Å². The number of unbranched alkanes of at least 4 members (excludes halogenated alkanes) is 3. The number of carbonyl (C=O) groups excluding carboxylic acids is 1. The smallest absolute Gasteiger partial charge is 0.451 e. The minimum Gasteiger partial charge on any atom is -0.493 e. The zero-order valence-electron chi connectivity index (χ0n) is 15.0. The summed E-state index contributed by atoms with van der Waals surface area (Å²) in [7, 11) is 1.44. The number of anilines is 1. The van der Waals surface area contributed by atoms with Gasteiger partial charge in [0.15, 0.2) is 11.5 Å². The molecule has 0 unspecified atom stereocenters. The average Bonchev–Trinajstić information content (AvgIpc) is 3.10. The number of aromatic nitrogens is 3. The Bertz CT molecular complexity index is 762. The third-order valence-corrected chi connectivity index (χ3v) is 3.66. The van der Waals surface area contributed by atoms with Gasteiger partial charge in [-0.3, -0.25) is 15.2 Å². The summed E-state index contributed by atoms with van der Waals surface area (Å²) in [6.45, 7) is 2.65. The highest BCUT2D eigenvalue weighted by atomic mass is 19.4. The van der Waals surface area contributed by atoms with Crippen LogP contribution in [0.15, 0.2) is 18.2 Å². The van der Waals surface area contributed by atoms with Gasteiger partial charge < -0.3 is 9.47 Å². The number of H-pyrrole nitrogens is 1. The number of halogens is 3. The predicted molar refractivity (Wildman–Crippen MR) is 92.0 cm³/mol. The van der Waals surface area contributed by atoms with Gasteiger partial charge in [0.1, 0.15) is 0 Å². The van der Waals surface area contributed by atoms with Crippen molar-refractivity contribution in [3.05, 3.63) is 29.6 Å². The Kier molecular flexibility index (Phi) is 7.03. The lowest BCUT2D eigenvalue weighted by Gasteiger charge is -2.12. The van der Waals surface area contributed by atoms with Crippen LogP contribution in [0.2, 0.25) is 0 Å². The molecule has 0 aliphatic heterocycles. The number of methoxy groups -OCH3 is 1. The van der Waals surface area contributed by atoms with Crippen LogP contribution in [0.4, 0.5) is 19.1 Å². The number of alkyl halides is 3. The second kappa shape index (κ2) is 9.24. The van der Waals surface area contributed by atoms with Crippen molar-refractivity contribution < 1.29 is 27.4 Å². The molecule has 0 fully saturated rings. The molecular weight excluding hydrogens is 365 g/mol. The van der Waals surface area contributed by atoms with Crippen LogP contribution in [0.1, 0.15) is 48.8 Å². The molecule has 0 aliphatic carbocycles. The van der Waals surface area contributed by atoms with E-state index in [1.54, 1.807) is 11.2 Å². The molecule has 7 nitrogen and oxygen atoms in total. The van der Waals surface area contributed by atoms with E-state index < -0.39 is 23.9 Å². The minimum absolute atomic E-state index is 0.170. The highest BCUT2D eigenvalue weighted by Crippen LogP contribution is 2.29. The number of aromatic amines is 1. The molecule has 0 saturated heterocycles. The van der Waals surface area contributed by atoms with Crippen LogP contribution in [-0.4, -0.2) is 34.8 Å². The van der Waals surface area contributed by atoms with E-state index in [0.717, 1.165) is 25.7 Å². The van der Waals surface area contributed by atoms with Gasteiger partial charge in [0.05, 0.1) is 13.7 Å². The predicted octanol–water partition coefficient (Wildman–Crippen LogP) is 4.04. The van der Waals surface area contributed by atoms with E-state index in [9.17, 15) is 18.0 Å². The molecule has 0 spiro atoms. The zero-order chi connectivity index (χ0) is 19.9. The Balaban J connectivity index is 2.01. The molecule has 1 aromatic heterocycles. The topological polar surface area (TPSA) is 89.1 Å². The Labute approximate surface area is 154 Å². The summed E-state index contributed by atoms with van der Waals surface area (Å²) in [4.78, 5) is 15.4. The highest BCUT2D eigenvalue weighted by molar-refractivity contribution is 6.03. The van der Waals surface area contributed by atoms with Crippen molar-refractivity contribution in [1.82, 2.24) is 15.2 Å². The molecule has 2 aromatic rings. The Morgan fingerprint density at radius 1 is 1.22 bits per heavy atom. The van der Waals surface area contributed by atoms with Crippen molar-refractivity contribution in [2.75, 3.05) is 19.0 Å². The van der Waals surface area contributed by atoms with Crippen LogP contribution >= 0.6 is 0 Å². The molecule has 10 heteroatoms. The molecule has 1 aromatic carbocycles. The fourth-order valence-electron chi connectivity index (χ4n) is 2.26. The first-order chi connectivity index (χ1) is 12.8. The maximum atomic E-state index is 12.5. The van der Waals surface area contributed by atoms with Gasteiger partial charge in [0.25, 0.3) is 5.91 Å². The number of rotatable bonds is 9. The average molecular weight is 386 g/mol. The summed E-state index contributed by atoms with van der Waals surface area (Å²) >= 11 is 0. The van der Waals surface area contributed by atoms with Crippen molar-refractivity contribution in [3.8, 4) is 11.5 Å². The van der Waals surface area contributed by atoms with Gasteiger partial charge in [-0.05, 0) is 24.6 Å². The number of ether oxygens (including phenoxy) is 2. The van der Waals surface area contributed by atoms with Crippen molar-refractivity contribution >= 4 is 11.9 Å². The maximum Gasteiger partial charge on any atom is 0.451 e. The van der Waals surface area contributed by atoms with Gasteiger partial charge in [-0.15, -0.1) is 5.10 Å². The normalized spacial score (nSPS) is 11.3. The minimum atomic E-state index is -4.67. The monoisotopic (exact) mass is 386 g/mol. The standard InChI is InChI=1S/C17H21F3N4O3/c1-3-4-5-6-9-27-12-8-7-11(10-13(12)26-2)14(25)21-16-22-15(23-24-16)17(18,19)20/h7-8,10H,3-6,9H2,1-2H3,(H2,21,22,23,24,25). The summed E-state index contributed by atoms with van der Waals surface area (Å²) in [6.07, 6.45) is -0.434. The van der Waals surface area contributed by atoms with Crippen molar-refractivity contribution in [1.29, 1.82) is 0 Å². The summed E-state index contributed by atoms with van der Waals surface area (Å²) < 4.78 is 48.4. The lowest BCUT2D eigenvalue weighted by atomic mass is 10.2. The molecule has 0 saturated carbocycles. The van der Waals surface area contributed by atoms with Gasteiger partial charge in [-0.25, -0.2) is 0 Å². The van der Waals surface area contributed by atoms with Gasteiger partial charge in [0.2, 0.25) is 11.8 Å². The second-order valence-electron chi connectivity index (χ2n) is 5.73. The largest absolute Gasteiger partial charge is 0.493 e. The number of hydrogen-bond acceptors (Lipinski definition) is 5. The molecule has 148 valence electrons. The van der Waals surface area contributed by atoms with E-state index in [0.29, 0.717) is 18.1 Å². The molecule has 0 bridgehead atoms. The van der Waals surface area contributed by atoms with E-state index >= 15 is 0 Å². The van der Waals surface area contributed by atoms with E-state index in [4.69, 9.17) is 9.47 Å². The van der Waals surface area contributed by atoms with Gasteiger partial charge >= 0.3 is 6.18 Å². The van der Waals surface area contributed by atoms with E-state index in [1.807, 2.05) is 0 Å². The molecule has 2 rings (SSSR count). The molecule has 1 amide bonds. The van der Waals surface area contributed by atoms with E-state index in [-0.39, 0.29) is 5.56 Å². The highest BCUT2D eigenvalue weighted by Gasteiger charge is 2.35. The Morgan fingerprint density at radius 3 is 2.63 bits per heavy atom. The van der Waals surface area contributed by atoms with Gasteiger partial charge in [-0.1, -0.05) is 26.2 Å². The molecule has 2 N–H and O–H groups in total. The third-order valence-electron chi connectivity index (χ3n) is 3.66. The number of nitrogens with zero attached hydrogens (tertiary/aromatic N) is 2. The summed E-state index contributed by atoms with van der Waals surface area (Å²) in [5.41, 5.74) is 0.170. The maximum absolute atomic E-state index is 12.5. The first-order valence-corrected chi connectivity index (χ1v) is 8.47. The Hall–Kier alpha value is -2.78. The third kappa shape index (κ3) is 5.87. The lowest BCUT2D eigenvalue weighted by molar-refractivity contribution is -0.144. The lowest BCUT2D eigenvalue weighted by Crippen LogP contribution is -2.14. The fraction of sp³-hybridized carbons (Fsp3) is 0.471. The van der Waals surface area contributed by atoms with Gasteiger partial charge in [-0.2, -0.15) is 18.2 Å². The van der Waals surface area contributed by atoms with Crippen molar-refractivity contribution in [3.63, 3.8) is 0 Å². The number of amides is 1. The second-order valence-corrected chi connectivity index (χ2v) is 5.73. The molecule has 0 radical (unpaired) electrons. The molecule has 27 heavy (non-hydrogen) atoms. The number of nitrogens with one attached hydrogen (secondary N) is 2. The first kappa shape index (κ1) is 20.5. The molecule has 0 aliphatic rings.